The Balaban J connectivity index is 1.34. The summed E-state index contributed by atoms with van der Waals surface area (Å²) in [6.07, 6.45) is 16.8. The second-order valence-corrected chi connectivity index (χ2v) is 14.4. The minimum absolute atomic E-state index is 0.0289. The maximum atomic E-state index is 16.2. The van der Waals surface area contributed by atoms with Crippen LogP contribution in [0.15, 0.2) is 204 Å². The molecule has 7 heteroatoms. The summed E-state index contributed by atoms with van der Waals surface area (Å²) in [4.78, 5) is 8.60. The number of aromatic nitrogens is 1. The van der Waals surface area contributed by atoms with Gasteiger partial charge in [0.25, 0.3) is 0 Å². The number of benzene rings is 5. The lowest BCUT2D eigenvalue weighted by atomic mass is 9.65. The predicted octanol–water partition coefficient (Wildman–Crippen LogP) is 12.6. The van der Waals surface area contributed by atoms with Gasteiger partial charge in [-0.3, -0.25) is 4.99 Å². The van der Waals surface area contributed by atoms with Crippen LogP contribution >= 0.6 is 0 Å². The van der Waals surface area contributed by atoms with E-state index in [-0.39, 0.29) is 17.0 Å². The zero-order chi connectivity index (χ0) is 39.9. The van der Waals surface area contributed by atoms with E-state index in [1.165, 1.54) is 0 Å². The van der Waals surface area contributed by atoms with Crippen molar-refractivity contribution in [3.63, 3.8) is 0 Å². The van der Waals surface area contributed by atoms with Gasteiger partial charge in [0.1, 0.15) is 0 Å². The summed E-state index contributed by atoms with van der Waals surface area (Å²) in [5.41, 5.74) is 3.74. The Kier molecular flexibility index (Phi) is 9.44. The van der Waals surface area contributed by atoms with E-state index in [1.807, 2.05) is 152 Å². The van der Waals surface area contributed by atoms with Crippen molar-refractivity contribution in [2.75, 3.05) is 0 Å². The number of H-pyrrole nitrogens is 1. The van der Waals surface area contributed by atoms with Gasteiger partial charge in [0, 0.05) is 17.0 Å². The molecule has 58 heavy (non-hydrogen) atoms. The van der Waals surface area contributed by atoms with Crippen molar-refractivity contribution in [1.82, 2.24) is 4.98 Å². The number of rotatable bonds is 10. The minimum atomic E-state index is -2.23. The first-order valence-corrected chi connectivity index (χ1v) is 19.0. The monoisotopic (exact) mass is 770 g/mol. The summed E-state index contributed by atoms with van der Waals surface area (Å²) < 4.78 is 77.7. The third-order valence-electron chi connectivity index (χ3n) is 11.4. The molecule has 0 amide bonds. The molecule has 0 spiro atoms. The van der Waals surface area contributed by atoms with E-state index < -0.39 is 45.5 Å². The van der Waals surface area contributed by atoms with Crippen LogP contribution in [0.3, 0.4) is 0 Å². The Bertz CT molecular complexity index is 2650. The molecule has 5 aromatic carbocycles. The lowest BCUT2D eigenvalue weighted by Gasteiger charge is -2.36. The van der Waals surface area contributed by atoms with Gasteiger partial charge in [-0.05, 0) is 70.5 Å². The van der Waals surface area contributed by atoms with Gasteiger partial charge in [-0.25, -0.2) is 22.0 Å². The quantitative estimate of drug-likeness (QED) is 0.0816. The summed E-state index contributed by atoms with van der Waals surface area (Å²) in [5.74, 6) is -10.2. The van der Waals surface area contributed by atoms with Crippen molar-refractivity contribution < 1.29 is 22.0 Å². The second-order valence-electron chi connectivity index (χ2n) is 14.4. The molecule has 2 aliphatic carbocycles. The van der Waals surface area contributed by atoms with Crippen LogP contribution in [0, 0.1) is 29.1 Å². The van der Waals surface area contributed by atoms with Crippen LogP contribution in [0.4, 0.5) is 22.0 Å². The fourth-order valence-electron chi connectivity index (χ4n) is 8.92. The molecule has 0 bridgehead atoms. The number of nitrogens with zero attached hydrogens (tertiary/aromatic N) is 1. The standard InChI is InChI=1S/C51H35F5N2/c52-45-44(46(53)48(55)49(56)47(45)54)43(39-29-31-41(57-39)50(37-25-13-14-26-37,33-17-5-1-6-18-33)34-19-7-2-8-20-34)40-30-32-42(58-40)51(38-27-15-16-28-38,35-21-9-3-10-22-35)36-23-11-4-12-24-36/h1-25,27,29-32,57H,26,28H2/b43-40+. The van der Waals surface area contributed by atoms with Gasteiger partial charge < -0.3 is 4.98 Å². The second kappa shape index (κ2) is 14.9. The molecule has 284 valence electrons. The Morgan fingerprint density at radius 2 is 0.914 bits per heavy atom. The number of aromatic amines is 1. The fraction of sp³-hybridized carbons (Fsp3) is 0.0784. The number of allylic oxidation sites excluding steroid dienone is 10. The van der Waals surface area contributed by atoms with Gasteiger partial charge in [0.2, 0.25) is 5.82 Å². The molecule has 2 nitrogen and oxygen atoms in total. The predicted molar refractivity (Wildman–Crippen MR) is 220 cm³/mol. The first-order valence-electron chi connectivity index (χ1n) is 19.0. The number of aliphatic imine (C=N–C) groups is 1. The number of hydrogen-bond acceptors (Lipinski definition) is 1. The highest BCUT2D eigenvalue weighted by atomic mass is 19.2. The fourth-order valence-corrected chi connectivity index (χ4v) is 8.92. The molecular formula is C51H35F5N2. The van der Waals surface area contributed by atoms with Crippen LogP contribution in [0.2, 0.25) is 0 Å². The molecule has 1 aliphatic heterocycles. The first-order chi connectivity index (χ1) is 28.4. The topological polar surface area (TPSA) is 28.1 Å². The molecule has 1 N–H and O–H groups in total. The van der Waals surface area contributed by atoms with E-state index in [4.69, 9.17) is 4.99 Å². The average molecular weight is 771 g/mol. The number of nitrogens with one attached hydrogen (secondary N) is 1. The molecule has 0 fully saturated rings. The van der Waals surface area contributed by atoms with E-state index in [2.05, 4.69) is 17.1 Å². The lowest BCUT2D eigenvalue weighted by molar-refractivity contribution is 0.376. The maximum Gasteiger partial charge on any atom is 0.200 e. The molecular weight excluding hydrogens is 736 g/mol. The smallest absolute Gasteiger partial charge is 0.200 e. The van der Waals surface area contributed by atoms with Crippen molar-refractivity contribution in [2.24, 2.45) is 4.99 Å². The van der Waals surface area contributed by atoms with E-state index >= 15 is 17.6 Å². The minimum Gasteiger partial charge on any atom is -0.357 e. The van der Waals surface area contributed by atoms with Gasteiger partial charge in [0.15, 0.2) is 23.3 Å². The molecule has 2 heterocycles. The van der Waals surface area contributed by atoms with Gasteiger partial charge >= 0.3 is 0 Å². The van der Waals surface area contributed by atoms with Gasteiger partial charge in [-0.2, -0.15) is 0 Å². The Morgan fingerprint density at radius 3 is 1.36 bits per heavy atom. The Morgan fingerprint density at radius 1 is 0.483 bits per heavy atom. The Hall–Kier alpha value is -6.86. The molecule has 0 radical (unpaired) electrons. The van der Waals surface area contributed by atoms with E-state index in [9.17, 15) is 4.39 Å². The van der Waals surface area contributed by atoms with Crippen molar-refractivity contribution in [3.8, 4) is 0 Å². The molecule has 3 aliphatic rings. The molecule has 0 saturated carbocycles. The number of hydrogen-bond donors (Lipinski definition) is 1. The first kappa shape index (κ1) is 36.8. The third kappa shape index (κ3) is 5.72. The van der Waals surface area contributed by atoms with Crippen molar-refractivity contribution >= 4 is 11.3 Å². The maximum absolute atomic E-state index is 16.2. The van der Waals surface area contributed by atoms with Crippen LogP contribution in [0.5, 0.6) is 0 Å². The molecule has 0 unspecified atom stereocenters. The molecule has 6 aromatic rings. The molecule has 9 rings (SSSR count). The van der Waals surface area contributed by atoms with E-state index in [1.54, 1.807) is 18.2 Å². The highest BCUT2D eigenvalue weighted by Crippen LogP contribution is 2.50. The highest BCUT2D eigenvalue weighted by Gasteiger charge is 2.45. The van der Waals surface area contributed by atoms with Crippen molar-refractivity contribution in [2.45, 2.75) is 23.7 Å². The van der Waals surface area contributed by atoms with Gasteiger partial charge in [0.05, 0.1) is 27.8 Å². The van der Waals surface area contributed by atoms with Crippen LogP contribution in [0.25, 0.3) is 5.57 Å². The van der Waals surface area contributed by atoms with Crippen molar-refractivity contribution in [3.05, 3.63) is 267 Å². The zero-order valence-electron chi connectivity index (χ0n) is 31.1. The Labute approximate surface area is 333 Å². The third-order valence-corrected chi connectivity index (χ3v) is 11.4. The van der Waals surface area contributed by atoms with E-state index in [0.29, 0.717) is 24.2 Å². The summed E-state index contributed by atoms with van der Waals surface area (Å²) >= 11 is 0. The lowest BCUT2D eigenvalue weighted by Crippen LogP contribution is -2.37. The largest absolute Gasteiger partial charge is 0.357 e. The van der Waals surface area contributed by atoms with E-state index in [0.717, 1.165) is 33.4 Å². The van der Waals surface area contributed by atoms with Crippen LogP contribution in [-0.2, 0) is 10.8 Å². The average Bonchev–Trinajstić information content (AvgIpc) is 4.14. The van der Waals surface area contributed by atoms with Crippen LogP contribution in [0.1, 0.15) is 52.0 Å². The molecule has 0 saturated heterocycles. The summed E-state index contributed by atoms with van der Waals surface area (Å²) in [6, 6.07) is 42.8. The highest BCUT2D eigenvalue weighted by molar-refractivity contribution is 6.12. The van der Waals surface area contributed by atoms with Crippen LogP contribution < -0.4 is 0 Å². The zero-order valence-corrected chi connectivity index (χ0v) is 31.1. The van der Waals surface area contributed by atoms with Crippen molar-refractivity contribution in [1.29, 1.82) is 0 Å². The van der Waals surface area contributed by atoms with Gasteiger partial charge in [-0.15, -0.1) is 0 Å². The summed E-state index contributed by atoms with van der Waals surface area (Å²) in [5, 5.41) is 0. The van der Waals surface area contributed by atoms with Gasteiger partial charge in [-0.1, -0.05) is 158 Å². The summed E-state index contributed by atoms with van der Waals surface area (Å²) in [7, 11) is 0. The number of halogens is 5. The van der Waals surface area contributed by atoms with Crippen LogP contribution in [-0.4, -0.2) is 10.7 Å². The molecule has 0 atom stereocenters. The normalized spacial score (nSPS) is 15.8. The SMILES string of the molecule is Fc1c(F)c(F)c(/C(=C2\C=CC(C(C3=CC=CC3)(c3ccccc3)c3ccccc3)=N2)c2ccc(C(C3=CC=CC3)(c3ccccc3)c3ccccc3)[nH]2)c(F)c1F. The molecule has 1 aromatic heterocycles. The summed E-state index contributed by atoms with van der Waals surface area (Å²) in [6.45, 7) is 0.